The van der Waals surface area contributed by atoms with Crippen molar-refractivity contribution in [3.05, 3.63) is 0 Å². The van der Waals surface area contributed by atoms with Crippen LogP contribution in [-0.2, 0) is 0 Å². The minimum absolute atomic E-state index is 0.260. The van der Waals surface area contributed by atoms with Gasteiger partial charge >= 0.3 is 0 Å². The highest BCUT2D eigenvalue weighted by Gasteiger charge is 2.41. The summed E-state index contributed by atoms with van der Waals surface area (Å²) in [6, 6.07) is 0.845. The zero-order valence-corrected chi connectivity index (χ0v) is 13.2. The minimum atomic E-state index is 0.260. The van der Waals surface area contributed by atoms with Crippen molar-refractivity contribution in [2.75, 3.05) is 13.1 Å². The van der Waals surface area contributed by atoms with Crippen molar-refractivity contribution in [2.45, 2.75) is 89.6 Å². The standard InChI is InChI=1S/C17H34N2/c1-3-4-7-12-17(2,14-18)19-13-8-10-15-9-5-6-11-16(15)19/h15-16H,3-14,18H2,1-2H3/t15-,16-,17?/m1/s1. The van der Waals surface area contributed by atoms with E-state index in [9.17, 15) is 0 Å². The molecular formula is C17H34N2. The van der Waals surface area contributed by atoms with Gasteiger partial charge in [-0.2, -0.15) is 0 Å². The Bertz CT molecular complexity index is 264. The third-order valence-electron chi connectivity index (χ3n) is 5.70. The fourth-order valence-corrected chi connectivity index (χ4v) is 4.41. The Morgan fingerprint density at radius 2 is 1.84 bits per heavy atom. The van der Waals surface area contributed by atoms with Crippen LogP contribution < -0.4 is 5.73 Å². The molecule has 2 N–H and O–H groups in total. The van der Waals surface area contributed by atoms with Gasteiger partial charge in [0.05, 0.1) is 0 Å². The van der Waals surface area contributed by atoms with Gasteiger partial charge in [0.15, 0.2) is 0 Å². The predicted octanol–water partition coefficient (Wildman–Crippen LogP) is 3.94. The molecule has 1 aliphatic carbocycles. The molecule has 2 fully saturated rings. The molecule has 0 bridgehead atoms. The van der Waals surface area contributed by atoms with Crippen LogP contribution in [0.25, 0.3) is 0 Å². The molecule has 1 saturated heterocycles. The number of rotatable bonds is 6. The summed E-state index contributed by atoms with van der Waals surface area (Å²) in [7, 11) is 0. The molecule has 3 atom stereocenters. The average molecular weight is 266 g/mol. The Hall–Kier alpha value is -0.0800. The maximum Gasteiger partial charge on any atom is 0.0306 e. The van der Waals surface area contributed by atoms with E-state index in [2.05, 4.69) is 18.7 Å². The lowest BCUT2D eigenvalue weighted by atomic mass is 9.75. The maximum absolute atomic E-state index is 6.20. The largest absolute Gasteiger partial charge is 0.329 e. The van der Waals surface area contributed by atoms with Crippen molar-refractivity contribution in [2.24, 2.45) is 11.7 Å². The summed E-state index contributed by atoms with van der Waals surface area (Å²) in [4.78, 5) is 2.83. The lowest BCUT2D eigenvalue weighted by molar-refractivity contribution is -0.0221. The molecule has 112 valence electrons. The first-order valence-electron chi connectivity index (χ1n) is 8.68. The van der Waals surface area contributed by atoms with E-state index in [0.717, 1.165) is 18.5 Å². The molecule has 0 amide bonds. The lowest BCUT2D eigenvalue weighted by Gasteiger charge is -2.52. The summed E-state index contributed by atoms with van der Waals surface area (Å²) in [5, 5.41) is 0. The van der Waals surface area contributed by atoms with Gasteiger partial charge in [0.1, 0.15) is 0 Å². The number of nitrogens with two attached hydrogens (primary N) is 1. The predicted molar refractivity (Wildman–Crippen MR) is 83.3 cm³/mol. The van der Waals surface area contributed by atoms with Gasteiger partial charge in [-0.05, 0) is 51.5 Å². The van der Waals surface area contributed by atoms with E-state index in [1.165, 1.54) is 70.8 Å². The highest BCUT2D eigenvalue weighted by atomic mass is 15.2. The molecule has 0 spiro atoms. The molecule has 0 aromatic carbocycles. The molecule has 19 heavy (non-hydrogen) atoms. The fourth-order valence-electron chi connectivity index (χ4n) is 4.41. The number of unbranched alkanes of at least 4 members (excludes halogenated alkanes) is 2. The third kappa shape index (κ3) is 3.52. The van der Waals surface area contributed by atoms with E-state index >= 15 is 0 Å². The first kappa shape index (κ1) is 15.3. The quantitative estimate of drug-likeness (QED) is 0.738. The SMILES string of the molecule is CCCCCC(C)(CN)N1CCC[C@H]2CCCC[C@H]21. The topological polar surface area (TPSA) is 29.3 Å². The highest BCUT2D eigenvalue weighted by Crippen LogP contribution is 2.39. The maximum atomic E-state index is 6.20. The van der Waals surface area contributed by atoms with Gasteiger partial charge in [0, 0.05) is 18.1 Å². The minimum Gasteiger partial charge on any atom is -0.329 e. The summed E-state index contributed by atoms with van der Waals surface area (Å²) in [5.41, 5.74) is 6.46. The van der Waals surface area contributed by atoms with Gasteiger partial charge in [-0.25, -0.2) is 0 Å². The van der Waals surface area contributed by atoms with Crippen LogP contribution in [0.4, 0.5) is 0 Å². The normalized spacial score (nSPS) is 31.7. The van der Waals surface area contributed by atoms with Crippen molar-refractivity contribution < 1.29 is 0 Å². The van der Waals surface area contributed by atoms with Crippen molar-refractivity contribution >= 4 is 0 Å². The number of hydrogen-bond acceptors (Lipinski definition) is 2. The second-order valence-electron chi connectivity index (χ2n) is 7.11. The molecule has 1 saturated carbocycles. The van der Waals surface area contributed by atoms with Crippen molar-refractivity contribution in [3.8, 4) is 0 Å². The number of nitrogens with zero attached hydrogens (tertiary/aromatic N) is 1. The van der Waals surface area contributed by atoms with Gasteiger partial charge < -0.3 is 5.73 Å². The zero-order chi connectivity index (χ0) is 13.7. The third-order valence-corrected chi connectivity index (χ3v) is 5.70. The summed E-state index contributed by atoms with van der Waals surface area (Å²) in [6.07, 6.45) is 14.0. The van der Waals surface area contributed by atoms with Crippen LogP contribution in [0.5, 0.6) is 0 Å². The van der Waals surface area contributed by atoms with Crippen molar-refractivity contribution in [1.82, 2.24) is 4.90 Å². The number of piperidine rings is 1. The lowest BCUT2D eigenvalue weighted by Crippen LogP contribution is -2.60. The molecule has 2 nitrogen and oxygen atoms in total. The van der Waals surface area contributed by atoms with Crippen LogP contribution in [0.15, 0.2) is 0 Å². The Labute approximate surface area is 120 Å². The van der Waals surface area contributed by atoms with E-state index in [0.29, 0.717) is 0 Å². The fraction of sp³-hybridized carbons (Fsp3) is 1.00. The van der Waals surface area contributed by atoms with Crippen LogP contribution in [0.3, 0.4) is 0 Å². The monoisotopic (exact) mass is 266 g/mol. The van der Waals surface area contributed by atoms with Gasteiger partial charge in [-0.15, -0.1) is 0 Å². The summed E-state index contributed by atoms with van der Waals surface area (Å²) < 4.78 is 0. The van der Waals surface area contributed by atoms with Crippen LogP contribution >= 0.6 is 0 Å². The Kier molecular flexibility index (Phi) is 5.70. The molecule has 1 unspecified atom stereocenters. The molecule has 2 heteroatoms. The average Bonchev–Trinajstić information content (AvgIpc) is 2.46. The number of likely N-dealkylation sites (tertiary alicyclic amines) is 1. The van der Waals surface area contributed by atoms with Gasteiger partial charge in [0.25, 0.3) is 0 Å². The molecule has 2 aliphatic rings. The summed E-state index contributed by atoms with van der Waals surface area (Å²) in [6.45, 7) is 6.85. The smallest absolute Gasteiger partial charge is 0.0306 e. The molecule has 1 heterocycles. The molecule has 1 aliphatic heterocycles. The second kappa shape index (κ2) is 7.08. The Balaban J connectivity index is 2.02. The van der Waals surface area contributed by atoms with E-state index < -0.39 is 0 Å². The van der Waals surface area contributed by atoms with Crippen LogP contribution in [0.1, 0.15) is 78.1 Å². The van der Waals surface area contributed by atoms with E-state index in [1.54, 1.807) is 0 Å². The molecule has 0 aromatic rings. The second-order valence-corrected chi connectivity index (χ2v) is 7.11. The Morgan fingerprint density at radius 3 is 2.58 bits per heavy atom. The van der Waals surface area contributed by atoms with Crippen LogP contribution in [0, 0.1) is 5.92 Å². The molecular weight excluding hydrogens is 232 g/mol. The van der Waals surface area contributed by atoms with Gasteiger partial charge in [0.2, 0.25) is 0 Å². The molecule has 2 rings (SSSR count). The van der Waals surface area contributed by atoms with E-state index in [-0.39, 0.29) is 5.54 Å². The first-order valence-corrected chi connectivity index (χ1v) is 8.68. The van der Waals surface area contributed by atoms with Crippen molar-refractivity contribution in [1.29, 1.82) is 0 Å². The van der Waals surface area contributed by atoms with Gasteiger partial charge in [-0.1, -0.05) is 39.0 Å². The van der Waals surface area contributed by atoms with E-state index in [1.807, 2.05) is 0 Å². The first-order chi connectivity index (χ1) is 9.21. The highest BCUT2D eigenvalue weighted by molar-refractivity contribution is 4.97. The summed E-state index contributed by atoms with van der Waals surface area (Å²) >= 11 is 0. The van der Waals surface area contributed by atoms with Gasteiger partial charge in [-0.3, -0.25) is 4.90 Å². The number of fused-ring (bicyclic) bond motifs is 1. The summed E-state index contributed by atoms with van der Waals surface area (Å²) in [5.74, 6) is 0.972. The molecule has 0 aromatic heterocycles. The van der Waals surface area contributed by atoms with Crippen LogP contribution in [0.2, 0.25) is 0 Å². The van der Waals surface area contributed by atoms with Crippen molar-refractivity contribution in [3.63, 3.8) is 0 Å². The van der Waals surface area contributed by atoms with Crippen LogP contribution in [-0.4, -0.2) is 29.6 Å². The molecule has 0 radical (unpaired) electrons. The Morgan fingerprint density at radius 1 is 1.11 bits per heavy atom. The van der Waals surface area contributed by atoms with E-state index in [4.69, 9.17) is 5.73 Å². The number of hydrogen-bond donors (Lipinski definition) is 1. The zero-order valence-electron chi connectivity index (χ0n) is 13.2.